The molecule has 128 valence electrons. The van der Waals surface area contributed by atoms with Crippen molar-refractivity contribution in [2.24, 2.45) is 0 Å². The minimum absolute atomic E-state index is 0.00715. The van der Waals surface area contributed by atoms with Gasteiger partial charge in [0.1, 0.15) is 6.10 Å². The lowest BCUT2D eigenvalue weighted by molar-refractivity contribution is -0.386. The van der Waals surface area contributed by atoms with Gasteiger partial charge in [0.2, 0.25) is 0 Å². The molecule has 1 amide bonds. The standard InChI is InChI=1S/C17H26N2O4/c1-9(2)18(8)17(20)23-14(7)15-12(5)10(3)11(4)13(6)16(15)19(21)22/h9,14H,1-8H3. The molecule has 0 radical (unpaired) electrons. The number of nitro benzene ring substituents is 1. The summed E-state index contributed by atoms with van der Waals surface area (Å²) in [7, 11) is 1.65. The monoisotopic (exact) mass is 322 g/mol. The Kier molecular flexibility index (Phi) is 5.75. The van der Waals surface area contributed by atoms with Gasteiger partial charge in [0.15, 0.2) is 0 Å². The summed E-state index contributed by atoms with van der Waals surface area (Å²) >= 11 is 0. The molecule has 0 saturated heterocycles. The van der Waals surface area contributed by atoms with Crippen LogP contribution in [-0.4, -0.2) is 29.0 Å². The zero-order valence-electron chi connectivity index (χ0n) is 15.2. The highest BCUT2D eigenvalue weighted by molar-refractivity contribution is 5.69. The fourth-order valence-corrected chi connectivity index (χ4v) is 2.56. The second kappa shape index (κ2) is 6.98. The summed E-state index contributed by atoms with van der Waals surface area (Å²) < 4.78 is 5.46. The Morgan fingerprint density at radius 3 is 1.96 bits per heavy atom. The number of carbonyl (C=O) groups is 1. The van der Waals surface area contributed by atoms with Crippen molar-refractivity contribution >= 4 is 11.8 Å². The lowest BCUT2D eigenvalue weighted by atomic mass is 9.90. The van der Waals surface area contributed by atoms with Crippen LogP contribution in [0.5, 0.6) is 0 Å². The smallest absolute Gasteiger partial charge is 0.410 e. The largest absolute Gasteiger partial charge is 0.441 e. The molecule has 0 aliphatic heterocycles. The van der Waals surface area contributed by atoms with Gasteiger partial charge in [-0.3, -0.25) is 10.1 Å². The molecule has 1 aromatic rings. The first-order valence-electron chi connectivity index (χ1n) is 7.68. The molecule has 0 heterocycles. The van der Waals surface area contributed by atoms with Crippen molar-refractivity contribution in [3.8, 4) is 0 Å². The Morgan fingerprint density at radius 1 is 1.04 bits per heavy atom. The number of hydrogen-bond donors (Lipinski definition) is 0. The average Bonchev–Trinajstić information content (AvgIpc) is 2.46. The molecule has 6 nitrogen and oxygen atoms in total. The van der Waals surface area contributed by atoms with E-state index in [2.05, 4.69) is 0 Å². The number of nitro groups is 1. The molecule has 0 fully saturated rings. The zero-order chi connectivity index (χ0) is 18.1. The van der Waals surface area contributed by atoms with Gasteiger partial charge < -0.3 is 9.64 Å². The molecule has 0 aliphatic carbocycles. The minimum Gasteiger partial charge on any atom is -0.441 e. The molecule has 1 rings (SSSR count). The molecule has 0 saturated carbocycles. The van der Waals surface area contributed by atoms with Crippen molar-refractivity contribution in [3.05, 3.63) is 37.9 Å². The van der Waals surface area contributed by atoms with Gasteiger partial charge in [-0.2, -0.15) is 0 Å². The van der Waals surface area contributed by atoms with E-state index in [4.69, 9.17) is 4.74 Å². The second-order valence-electron chi connectivity index (χ2n) is 6.25. The molecular formula is C17H26N2O4. The van der Waals surface area contributed by atoms with Gasteiger partial charge in [-0.15, -0.1) is 0 Å². The Balaban J connectivity index is 3.36. The molecule has 0 aromatic heterocycles. The lowest BCUT2D eigenvalue weighted by Gasteiger charge is -2.25. The molecule has 0 bridgehead atoms. The summed E-state index contributed by atoms with van der Waals surface area (Å²) in [5.41, 5.74) is 3.82. The van der Waals surface area contributed by atoms with Gasteiger partial charge in [0.25, 0.3) is 5.69 Å². The summed E-state index contributed by atoms with van der Waals surface area (Å²) in [4.78, 5) is 24.8. The van der Waals surface area contributed by atoms with E-state index in [1.165, 1.54) is 4.90 Å². The van der Waals surface area contributed by atoms with Crippen LogP contribution in [0.25, 0.3) is 0 Å². The second-order valence-corrected chi connectivity index (χ2v) is 6.25. The number of ether oxygens (including phenoxy) is 1. The predicted octanol–water partition coefficient (Wildman–Crippen LogP) is 4.37. The SMILES string of the molecule is Cc1c(C)c(C)c([N+](=O)[O-])c(C(C)OC(=O)N(C)C(C)C)c1C. The van der Waals surface area contributed by atoms with Crippen molar-refractivity contribution in [2.75, 3.05) is 7.05 Å². The summed E-state index contributed by atoms with van der Waals surface area (Å²) in [5, 5.41) is 11.5. The maximum atomic E-state index is 12.1. The molecular weight excluding hydrogens is 296 g/mol. The van der Waals surface area contributed by atoms with Crippen molar-refractivity contribution in [1.29, 1.82) is 0 Å². The number of hydrogen-bond acceptors (Lipinski definition) is 4. The number of nitrogens with zero attached hydrogens (tertiary/aromatic N) is 2. The van der Waals surface area contributed by atoms with E-state index in [0.717, 1.165) is 16.7 Å². The van der Waals surface area contributed by atoms with Gasteiger partial charge in [-0.05, 0) is 65.2 Å². The van der Waals surface area contributed by atoms with Crippen LogP contribution in [0.15, 0.2) is 0 Å². The Labute approximate surface area is 137 Å². The molecule has 0 aliphatic rings. The van der Waals surface area contributed by atoms with Crippen molar-refractivity contribution < 1.29 is 14.5 Å². The molecule has 23 heavy (non-hydrogen) atoms. The van der Waals surface area contributed by atoms with Crippen LogP contribution in [0.2, 0.25) is 0 Å². The Hall–Kier alpha value is -2.11. The summed E-state index contributed by atoms with van der Waals surface area (Å²) in [5.74, 6) is 0. The fourth-order valence-electron chi connectivity index (χ4n) is 2.56. The molecule has 1 unspecified atom stereocenters. The molecule has 1 aromatic carbocycles. The van der Waals surface area contributed by atoms with Gasteiger partial charge >= 0.3 is 6.09 Å². The van der Waals surface area contributed by atoms with E-state index in [9.17, 15) is 14.9 Å². The maximum Gasteiger partial charge on any atom is 0.410 e. The van der Waals surface area contributed by atoms with Crippen LogP contribution in [0.1, 0.15) is 54.7 Å². The number of amides is 1. The quantitative estimate of drug-likeness (QED) is 0.609. The third-order valence-corrected chi connectivity index (χ3v) is 4.63. The molecule has 0 spiro atoms. The van der Waals surface area contributed by atoms with Gasteiger partial charge in [0.05, 0.1) is 10.5 Å². The van der Waals surface area contributed by atoms with E-state index >= 15 is 0 Å². The summed E-state index contributed by atoms with van der Waals surface area (Å²) in [6.07, 6.45) is -1.18. The number of benzene rings is 1. The molecule has 1 atom stereocenters. The van der Waals surface area contributed by atoms with Crippen LogP contribution in [0.3, 0.4) is 0 Å². The summed E-state index contributed by atoms with van der Waals surface area (Å²) in [6, 6.07) is -0.00715. The van der Waals surface area contributed by atoms with E-state index in [1.807, 2.05) is 34.6 Å². The van der Waals surface area contributed by atoms with Crippen molar-refractivity contribution in [1.82, 2.24) is 4.90 Å². The van der Waals surface area contributed by atoms with E-state index in [1.54, 1.807) is 20.9 Å². The van der Waals surface area contributed by atoms with Crippen LogP contribution < -0.4 is 0 Å². The van der Waals surface area contributed by atoms with Crippen molar-refractivity contribution in [2.45, 2.75) is 60.6 Å². The maximum absolute atomic E-state index is 12.1. The van der Waals surface area contributed by atoms with Crippen LogP contribution in [0, 0.1) is 37.8 Å². The van der Waals surface area contributed by atoms with Gasteiger partial charge in [-0.25, -0.2) is 4.79 Å². The van der Waals surface area contributed by atoms with Gasteiger partial charge in [0, 0.05) is 18.7 Å². The fraction of sp³-hybridized carbons (Fsp3) is 0.588. The number of carbonyl (C=O) groups excluding carboxylic acids is 1. The van der Waals surface area contributed by atoms with Crippen LogP contribution >= 0.6 is 0 Å². The van der Waals surface area contributed by atoms with E-state index in [0.29, 0.717) is 11.1 Å². The topological polar surface area (TPSA) is 72.7 Å². The zero-order valence-corrected chi connectivity index (χ0v) is 15.2. The van der Waals surface area contributed by atoms with E-state index < -0.39 is 12.2 Å². The lowest BCUT2D eigenvalue weighted by Crippen LogP contribution is -2.34. The Morgan fingerprint density at radius 2 is 1.52 bits per heavy atom. The van der Waals surface area contributed by atoms with Gasteiger partial charge in [-0.1, -0.05) is 0 Å². The third-order valence-electron chi connectivity index (χ3n) is 4.63. The van der Waals surface area contributed by atoms with Crippen LogP contribution in [-0.2, 0) is 4.74 Å². The van der Waals surface area contributed by atoms with E-state index in [-0.39, 0.29) is 16.7 Å². The number of rotatable bonds is 4. The minimum atomic E-state index is -0.693. The summed E-state index contributed by atoms with van der Waals surface area (Å²) in [6.45, 7) is 12.8. The third kappa shape index (κ3) is 3.63. The first kappa shape index (κ1) is 18.9. The molecule has 6 heteroatoms. The normalized spacial score (nSPS) is 12.2. The highest BCUT2D eigenvalue weighted by atomic mass is 16.6. The van der Waals surface area contributed by atoms with Crippen LogP contribution in [0.4, 0.5) is 10.5 Å². The predicted molar refractivity (Wildman–Crippen MR) is 89.8 cm³/mol. The highest BCUT2D eigenvalue weighted by Gasteiger charge is 2.30. The average molecular weight is 322 g/mol. The first-order valence-corrected chi connectivity index (χ1v) is 7.68. The highest BCUT2D eigenvalue weighted by Crippen LogP contribution is 2.37. The first-order chi connectivity index (χ1) is 10.5. The molecule has 0 N–H and O–H groups in total. The van der Waals surface area contributed by atoms with Crippen molar-refractivity contribution in [3.63, 3.8) is 0 Å². The Bertz CT molecular complexity index is 638.